The van der Waals surface area contributed by atoms with E-state index < -0.39 is 76.0 Å². The first-order valence-electron chi connectivity index (χ1n) is 13.0. The largest absolute Gasteiger partial charge is 0.509 e. The van der Waals surface area contributed by atoms with Crippen molar-refractivity contribution in [2.75, 3.05) is 11.9 Å². The fourth-order valence-electron chi connectivity index (χ4n) is 5.35. The van der Waals surface area contributed by atoms with Crippen LogP contribution in [-0.4, -0.2) is 44.0 Å². The molecule has 1 saturated heterocycles. The van der Waals surface area contributed by atoms with Gasteiger partial charge in [-0.25, -0.2) is 13.8 Å². The quantitative estimate of drug-likeness (QED) is 0.246. The van der Waals surface area contributed by atoms with E-state index in [1.54, 1.807) is 0 Å². The van der Waals surface area contributed by atoms with Gasteiger partial charge >= 0.3 is 12.4 Å². The number of fused-ring (bicyclic) bond motifs is 1. The van der Waals surface area contributed by atoms with Gasteiger partial charge in [0.15, 0.2) is 0 Å². The zero-order valence-electron chi connectivity index (χ0n) is 22.7. The third-order valence-electron chi connectivity index (χ3n) is 7.65. The van der Waals surface area contributed by atoms with Gasteiger partial charge in [0.2, 0.25) is 0 Å². The number of halogens is 8. The van der Waals surface area contributed by atoms with Crippen LogP contribution in [0.15, 0.2) is 66.1 Å². The summed E-state index contributed by atoms with van der Waals surface area (Å²) in [5.74, 6) is -4.97. The van der Waals surface area contributed by atoms with Gasteiger partial charge in [-0.15, -0.1) is 0 Å². The molecular formula is C29H22F8N4O3. The summed E-state index contributed by atoms with van der Waals surface area (Å²) in [5, 5.41) is 15.8. The lowest BCUT2D eigenvalue weighted by Crippen LogP contribution is -2.60. The highest BCUT2D eigenvalue weighted by molar-refractivity contribution is 6.24. The highest BCUT2D eigenvalue weighted by atomic mass is 19.4. The maximum absolute atomic E-state index is 14.5. The number of aliphatic hydroxyl groups is 1. The number of carbonyl (C=O) groups excluding carboxylic acids is 2. The fraction of sp³-hybridized carbons (Fsp3) is 0.276. The van der Waals surface area contributed by atoms with E-state index in [0.29, 0.717) is 30.8 Å². The summed E-state index contributed by atoms with van der Waals surface area (Å²) in [6.07, 6.45) is -8.33. The molecular weight excluding hydrogens is 604 g/mol. The molecule has 2 aliphatic rings. The molecule has 2 aliphatic heterocycles. The number of nitrogens with zero attached hydrogens (tertiary/aromatic N) is 3. The van der Waals surface area contributed by atoms with Gasteiger partial charge in [-0.05, 0) is 56.2 Å². The van der Waals surface area contributed by atoms with E-state index in [2.05, 4.69) is 10.3 Å². The van der Waals surface area contributed by atoms with Crippen molar-refractivity contribution in [3.8, 4) is 11.1 Å². The average Bonchev–Trinajstić information content (AvgIpc) is 3.34. The molecule has 15 heteroatoms. The van der Waals surface area contributed by atoms with E-state index in [0.717, 1.165) is 35.3 Å². The predicted octanol–water partition coefficient (Wildman–Crippen LogP) is 6.63. The highest BCUT2D eigenvalue weighted by Gasteiger charge is 2.53. The molecule has 2 N–H and O–H groups in total. The minimum atomic E-state index is -4.86. The molecule has 1 aromatic heterocycles. The molecule has 2 amide bonds. The van der Waals surface area contributed by atoms with Crippen LogP contribution in [0, 0.1) is 11.6 Å². The summed E-state index contributed by atoms with van der Waals surface area (Å²) in [6.45, 7) is 1.07. The SMILES string of the molecule is CC12CCCN1N(Cc1c(F)cccc1F)C(=O)C(C(=O)Nc1ccc(C(F)(F)F)cc1-c1ccc(C(F)(F)F)nc1)=C2O. The first-order valence-corrected chi connectivity index (χ1v) is 13.0. The second-order valence-electron chi connectivity index (χ2n) is 10.4. The van der Waals surface area contributed by atoms with Crippen LogP contribution in [0.1, 0.15) is 36.6 Å². The monoisotopic (exact) mass is 626 g/mol. The Morgan fingerprint density at radius 1 is 1.02 bits per heavy atom. The Labute approximate surface area is 244 Å². The number of hydrogen-bond donors (Lipinski definition) is 2. The molecule has 1 unspecified atom stereocenters. The molecule has 1 fully saturated rings. The minimum Gasteiger partial charge on any atom is -0.509 e. The molecule has 3 aromatic rings. The van der Waals surface area contributed by atoms with Crippen molar-refractivity contribution in [1.29, 1.82) is 0 Å². The summed E-state index contributed by atoms with van der Waals surface area (Å²) in [6, 6.07) is 6.56. The van der Waals surface area contributed by atoms with Crippen molar-refractivity contribution in [3.05, 3.63) is 94.5 Å². The summed E-state index contributed by atoms with van der Waals surface area (Å²) in [7, 11) is 0. The first-order chi connectivity index (χ1) is 20.5. The number of aliphatic hydroxyl groups excluding tert-OH is 1. The molecule has 1 atom stereocenters. The minimum absolute atomic E-state index is 0.196. The van der Waals surface area contributed by atoms with Crippen molar-refractivity contribution < 1.29 is 49.8 Å². The molecule has 44 heavy (non-hydrogen) atoms. The van der Waals surface area contributed by atoms with E-state index >= 15 is 0 Å². The molecule has 2 aromatic carbocycles. The van der Waals surface area contributed by atoms with Crippen LogP contribution in [-0.2, 0) is 28.5 Å². The summed E-state index contributed by atoms with van der Waals surface area (Å²) in [4.78, 5) is 30.5. The molecule has 232 valence electrons. The van der Waals surface area contributed by atoms with Crippen LogP contribution < -0.4 is 5.32 Å². The maximum atomic E-state index is 14.5. The average molecular weight is 627 g/mol. The number of carbonyl (C=O) groups is 2. The summed E-state index contributed by atoms with van der Waals surface area (Å²) < 4.78 is 109. The van der Waals surface area contributed by atoms with Crippen LogP contribution in [0.25, 0.3) is 11.1 Å². The molecule has 3 heterocycles. The van der Waals surface area contributed by atoms with Gasteiger partial charge in [-0.1, -0.05) is 12.1 Å². The number of pyridine rings is 1. The summed E-state index contributed by atoms with van der Waals surface area (Å²) >= 11 is 0. The van der Waals surface area contributed by atoms with Crippen molar-refractivity contribution >= 4 is 17.5 Å². The Morgan fingerprint density at radius 3 is 2.30 bits per heavy atom. The molecule has 5 rings (SSSR count). The second kappa shape index (κ2) is 10.9. The van der Waals surface area contributed by atoms with Crippen molar-refractivity contribution in [3.63, 3.8) is 0 Å². The Kier molecular flexibility index (Phi) is 7.64. The Bertz CT molecular complexity index is 1650. The van der Waals surface area contributed by atoms with E-state index in [1.165, 1.54) is 11.9 Å². The van der Waals surface area contributed by atoms with Gasteiger partial charge in [0, 0.05) is 35.1 Å². The molecule has 0 aliphatic carbocycles. The number of aromatic nitrogens is 1. The van der Waals surface area contributed by atoms with Crippen molar-refractivity contribution in [2.24, 2.45) is 0 Å². The lowest BCUT2D eigenvalue weighted by Gasteiger charge is -2.46. The van der Waals surface area contributed by atoms with Gasteiger partial charge in [0.1, 0.15) is 28.7 Å². The van der Waals surface area contributed by atoms with Crippen LogP contribution in [0.4, 0.5) is 40.8 Å². The number of alkyl halides is 6. The predicted molar refractivity (Wildman–Crippen MR) is 139 cm³/mol. The van der Waals surface area contributed by atoms with Crippen molar-refractivity contribution in [1.82, 2.24) is 15.0 Å². The lowest BCUT2D eigenvalue weighted by atomic mass is 9.90. The highest BCUT2D eigenvalue weighted by Crippen LogP contribution is 2.43. The van der Waals surface area contributed by atoms with Gasteiger partial charge < -0.3 is 10.4 Å². The third kappa shape index (κ3) is 5.47. The molecule has 0 saturated carbocycles. The summed E-state index contributed by atoms with van der Waals surface area (Å²) in [5.41, 5.74) is -6.08. The zero-order chi connectivity index (χ0) is 32.2. The zero-order valence-corrected chi connectivity index (χ0v) is 22.7. The number of hydrazine groups is 1. The number of hydrogen-bond acceptors (Lipinski definition) is 5. The molecule has 0 bridgehead atoms. The van der Waals surface area contributed by atoms with Gasteiger partial charge in [0.25, 0.3) is 11.8 Å². The third-order valence-corrected chi connectivity index (χ3v) is 7.65. The van der Waals surface area contributed by atoms with E-state index in [-0.39, 0.29) is 29.8 Å². The van der Waals surface area contributed by atoms with Gasteiger partial charge in [-0.2, -0.15) is 26.3 Å². The van der Waals surface area contributed by atoms with Crippen molar-refractivity contribution in [2.45, 2.75) is 44.2 Å². The van der Waals surface area contributed by atoms with Crippen LogP contribution in [0.3, 0.4) is 0 Å². The number of amides is 2. The number of benzene rings is 2. The first kappa shape index (κ1) is 30.9. The Balaban J connectivity index is 1.55. The van der Waals surface area contributed by atoms with Crippen LogP contribution >= 0.6 is 0 Å². The topological polar surface area (TPSA) is 85.8 Å². The van der Waals surface area contributed by atoms with E-state index in [1.807, 2.05) is 0 Å². The van der Waals surface area contributed by atoms with E-state index in [4.69, 9.17) is 0 Å². The lowest BCUT2D eigenvalue weighted by molar-refractivity contribution is -0.160. The fourth-order valence-corrected chi connectivity index (χ4v) is 5.35. The molecule has 7 nitrogen and oxygen atoms in total. The second-order valence-corrected chi connectivity index (χ2v) is 10.4. The number of anilines is 1. The van der Waals surface area contributed by atoms with Gasteiger partial charge in [-0.3, -0.25) is 19.6 Å². The number of nitrogens with one attached hydrogen (secondary N) is 1. The molecule has 0 radical (unpaired) electrons. The smallest absolute Gasteiger partial charge is 0.433 e. The maximum Gasteiger partial charge on any atom is 0.433 e. The van der Waals surface area contributed by atoms with Crippen LogP contribution in [0.5, 0.6) is 0 Å². The number of rotatable bonds is 5. The standard InChI is InChI=1S/C29H22F8N4O3/c1-27-10-3-11-41(27)40(14-18-19(30)4-2-5-20(18)31)26(44)23(24(27)42)25(43)39-21-8-7-16(28(32,33)34)12-17(21)15-6-9-22(38-13-15)29(35,36)37/h2,4-9,12-13,42H,3,10-11,14H2,1H3,(H,39,43). The van der Waals surface area contributed by atoms with Gasteiger partial charge in [0.05, 0.1) is 17.6 Å². The van der Waals surface area contributed by atoms with Crippen LogP contribution in [0.2, 0.25) is 0 Å². The Morgan fingerprint density at radius 2 is 1.70 bits per heavy atom. The molecule has 0 spiro atoms. The normalized spacial score (nSPS) is 19.4. The Hall–Kier alpha value is -4.53. The van der Waals surface area contributed by atoms with E-state index in [9.17, 15) is 49.8 Å².